The molecular formula is C19H18ClN3O2S. The van der Waals surface area contributed by atoms with E-state index in [4.69, 9.17) is 16.3 Å². The van der Waals surface area contributed by atoms with Gasteiger partial charge in [0.1, 0.15) is 5.75 Å². The maximum absolute atomic E-state index is 12.2. The Hall–Kier alpha value is -2.44. The number of rotatable bonds is 7. The first-order chi connectivity index (χ1) is 12.7. The van der Waals surface area contributed by atoms with E-state index in [1.54, 1.807) is 13.3 Å². The average molecular weight is 388 g/mol. The van der Waals surface area contributed by atoms with Gasteiger partial charge >= 0.3 is 0 Å². The normalized spacial score (nSPS) is 10.5. The second kappa shape index (κ2) is 8.78. The highest BCUT2D eigenvalue weighted by Crippen LogP contribution is 2.24. The molecule has 1 aromatic heterocycles. The highest BCUT2D eigenvalue weighted by atomic mass is 35.5. The summed E-state index contributed by atoms with van der Waals surface area (Å²) >= 11 is 7.31. The van der Waals surface area contributed by atoms with Crippen LogP contribution in [-0.2, 0) is 11.3 Å². The Kier molecular flexibility index (Phi) is 6.20. The molecule has 0 aliphatic carbocycles. The second-order valence-corrected chi connectivity index (χ2v) is 6.88. The molecule has 2 aromatic carbocycles. The lowest BCUT2D eigenvalue weighted by Gasteiger charge is -2.10. The Balaban J connectivity index is 1.59. The SMILES string of the molecule is COc1ccccc1NC(=O)CSc1nccn1Cc1ccc(Cl)cc1. The van der Waals surface area contributed by atoms with Crippen LogP contribution >= 0.6 is 23.4 Å². The summed E-state index contributed by atoms with van der Waals surface area (Å²) in [6, 6.07) is 15.0. The van der Waals surface area contributed by atoms with Crippen molar-refractivity contribution < 1.29 is 9.53 Å². The van der Waals surface area contributed by atoms with Gasteiger partial charge in [0.25, 0.3) is 0 Å². The molecule has 0 saturated heterocycles. The topological polar surface area (TPSA) is 56.1 Å². The van der Waals surface area contributed by atoms with E-state index >= 15 is 0 Å². The summed E-state index contributed by atoms with van der Waals surface area (Å²) in [5.74, 6) is 0.783. The molecule has 0 unspecified atom stereocenters. The van der Waals surface area contributed by atoms with Crippen molar-refractivity contribution in [2.24, 2.45) is 0 Å². The van der Waals surface area contributed by atoms with Crippen molar-refractivity contribution in [2.75, 3.05) is 18.2 Å². The largest absolute Gasteiger partial charge is 0.495 e. The van der Waals surface area contributed by atoms with Crippen LogP contribution in [0.3, 0.4) is 0 Å². The predicted octanol–water partition coefficient (Wildman–Crippen LogP) is 4.32. The van der Waals surface area contributed by atoms with Crippen LogP contribution in [0, 0.1) is 0 Å². The van der Waals surface area contributed by atoms with Gasteiger partial charge in [0, 0.05) is 24.0 Å². The van der Waals surface area contributed by atoms with Gasteiger partial charge in [-0.05, 0) is 29.8 Å². The standard InChI is InChI=1S/C19H18ClN3O2S/c1-25-17-5-3-2-4-16(17)22-18(24)13-26-19-21-10-11-23(19)12-14-6-8-15(20)9-7-14/h2-11H,12-13H2,1H3,(H,22,24). The van der Waals surface area contributed by atoms with Crippen molar-refractivity contribution >= 4 is 35.0 Å². The van der Waals surface area contributed by atoms with Crippen LogP contribution in [-0.4, -0.2) is 28.3 Å². The predicted molar refractivity (Wildman–Crippen MR) is 105 cm³/mol. The molecule has 0 saturated carbocycles. The van der Waals surface area contributed by atoms with Gasteiger partial charge in [-0.15, -0.1) is 0 Å². The molecule has 0 aliphatic heterocycles. The van der Waals surface area contributed by atoms with E-state index in [-0.39, 0.29) is 11.7 Å². The number of nitrogens with one attached hydrogen (secondary N) is 1. The maximum Gasteiger partial charge on any atom is 0.234 e. The summed E-state index contributed by atoms with van der Waals surface area (Å²) in [4.78, 5) is 16.6. The van der Waals surface area contributed by atoms with E-state index in [1.807, 2.05) is 59.3 Å². The lowest BCUT2D eigenvalue weighted by Crippen LogP contribution is -2.15. The van der Waals surface area contributed by atoms with Crippen molar-refractivity contribution in [2.45, 2.75) is 11.7 Å². The number of imidazole rings is 1. The van der Waals surface area contributed by atoms with Gasteiger partial charge < -0.3 is 14.6 Å². The summed E-state index contributed by atoms with van der Waals surface area (Å²) < 4.78 is 7.25. The number of carbonyl (C=O) groups excluding carboxylic acids is 1. The van der Waals surface area contributed by atoms with Gasteiger partial charge in [0.2, 0.25) is 5.91 Å². The first-order valence-electron chi connectivity index (χ1n) is 7.97. The lowest BCUT2D eigenvalue weighted by molar-refractivity contribution is -0.113. The van der Waals surface area contributed by atoms with E-state index in [0.29, 0.717) is 23.0 Å². The number of methoxy groups -OCH3 is 1. The Morgan fingerprint density at radius 3 is 2.77 bits per heavy atom. The van der Waals surface area contributed by atoms with Gasteiger partial charge in [-0.2, -0.15) is 0 Å². The first-order valence-corrected chi connectivity index (χ1v) is 9.33. The Morgan fingerprint density at radius 2 is 2.00 bits per heavy atom. The van der Waals surface area contributed by atoms with E-state index < -0.39 is 0 Å². The minimum atomic E-state index is -0.111. The Labute approximate surface area is 161 Å². The molecule has 5 nitrogen and oxygen atoms in total. The molecule has 134 valence electrons. The highest BCUT2D eigenvalue weighted by Gasteiger charge is 2.10. The fraction of sp³-hybridized carbons (Fsp3) is 0.158. The summed E-state index contributed by atoms with van der Waals surface area (Å²) in [6.07, 6.45) is 3.63. The number of para-hydroxylation sites is 2. The molecule has 0 atom stereocenters. The molecule has 1 N–H and O–H groups in total. The van der Waals surface area contributed by atoms with Crippen LogP contribution in [0.1, 0.15) is 5.56 Å². The minimum absolute atomic E-state index is 0.111. The van der Waals surface area contributed by atoms with Crippen LogP contribution in [0.5, 0.6) is 5.75 Å². The molecule has 1 amide bonds. The smallest absolute Gasteiger partial charge is 0.234 e. The molecule has 26 heavy (non-hydrogen) atoms. The summed E-state index contributed by atoms with van der Waals surface area (Å²) in [6.45, 7) is 0.674. The number of carbonyl (C=O) groups is 1. The summed E-state index contributed by atoms with van der Waals surface area (Å²) in [5.41, 5.74) is 1.78. The monoisotopic (exact) mass is 387 g/mol. The zero-order chi connectivity index (χ0) is 18.4. The second-order valence-electron chi connectivity index (χ2n) is 5.50. The van der Waals surface area contributed by atoms with Gasteiger partial charge in [-0.25, -0.2) is 4.98 Å². The average Bonchev–Trinajstić information content (AvgIpc) is 3.09. The number of halogens is 1. The third kappa shape index (κ3) is 4.80. The third-order valence-electron chi connectivity index (χ3n) is 3.66. The van der Waals surface area contributed by atoms with Crippen molar-refractivity contribution in [3.63, 3.8) is 0 Å². The number of ether oxygens (including phenoxy) is 1. The molecule has 1 heterocycles. The van der Waals surface area contributed by atoms with Crippen LogP contribution < -0.4 is 10.1 Å². The fourth-order valence-corrected chi connectivity index (χ4v) is 3.29. The number of amides is 1. The van der Waals surface area contributed by atoms with Crippen LogP contribution in [0.15, 0.2) is 66.1 Å². The molecule has 0 fully saturated rings. The molecular weight excluding hydrogens is 370 g/mol. The van der Waals surface area contributed by atoms with Gasteiger partial charge in [0.05, 0.1) is 18.6 Å². The van der Waals surface area contributed by atoms with Crippen molar-refractivity contribution in [3.8, 4) is 5.75 Å². The van der Waals surface area contributed by atoms with Crippen molar-refractivity contribution in [3.05, 3.63) is 71.5 Å². The van der Waals surface area contributed by atoms with Crippen LogP contribution in [0.4, 0.5) is 5.69 Å². The number of benzene rings is 2. The molecule has 0 radical (unpaired) electrons. The molecule has 3 aromatic rings. The van der Waals surface area contributed by atoms with E-state index in [1.165, 1.54) is 11.8 Å². The number of anilines is 1. The Bertz CT molecular complexity index is 881. The van der Waals surface area contributed by atoms with Crippen LogP contribution in [0.25, 0.3) is 0 Å². The maximum atomic E-state index is 12.2. The van der Waals surface area contributed by atoms with Gasteiger partial charge in [-0.1, -0.05) is 47.6 Å². The Morgan fingerprint density at radius 1 is 1.23 bits per heavy atom. The van der Waals surface area contributed by atoms with E-state index in [0.717, 1.165) is 10.7 Å². The van der Waals surface area contributed by atoms with E-state index in [9.17, 15) is 4.79 Å². The quantitative estimate of drug-likeness (QED) is 0.613. The number of hydrogen-bond acceptors (Lipinski definition) is 4. The van der Waals surface area contributed by atoms with Crippen molar-refractivity contribution in [1.29, 1.82) is 0 Å². The number of aromatic nitrogens is 2. The lowest BCUT2D eigenvalue weighted by atomic mass is 10.2. The molecule has 7 heteroatoms. The number of nitrogens with zero attached hydrogens (tertiary/aromatic N) is 2. The van der Waals surface area contributed by atoms with Gasteiger partial charge in [-0.3, -0.25) is 4.79 Å². The molecule has 0 aliphatic rings. The molecule has 3 rings (SSSR count). The summed E-state index contributed by atoms with van der Waals surface area (Å²) in [5, 5.41) is 4.36. The first kappa shape index (κ1) is 18.4. The van der Waals surface area contributed by atoms with Crippen LogP contribution in [0.2, 0.25) is 5.02 Å². The molecule has 0 bridgehead atoms. The fourth-order valence-electron chi connectivity index (χ4n) is 2.41. The minimum Gasteiger partial charge on any atom is -0.495 e. The molecule has 0 spiro atoms. The number of hydrogen-bond donors (Lipinski definition) is 1. The zero-order valence-electron chi connectivity index (χ0n) is 14.2. The van der Waals surface area contributed by atoms with E-state index in [2.05, 4.69) is 10.3 Å². The summed E-state index contributed by atoms with van der Waals surface area (Å²) in [7, 11) is 1.58. The highest BCUT2D eigenvalue weighted by molar-refractivity contribution is 7.99. The number of thioether (sulfide) groups is 1. The zero-order valence-corrected chi connectivity index (χ0v) is 15.8. The van der Waals surface area contributed by atoms with Gasteiger partial charge in [0.15, 0.2) is 5.16 Å². The van der Waals surface area contributed by atoms with Crippen molar-refractivity contribution in [1.82, 2.24) is 9.55 Å². The third-order valence-corrected chi connectivity index (χ3v) is 4.91.